The minimum atomic E-state index is -0.743. The van der Waals surface area contributed by atoms with Crippen LogP contribution in [0, 0.1) is 6.92 Å². The molecule has 5 heteroatoms. The average Bonchev–Trinajstić information content (AvgIpc) is 2.71. The summed E-state index contributed by atoms with van der Waals surface area (Å²) in [6, 6.07) is 4.06. The van der Waals surface area contributed by atoms with Crippen LogP contribution >= 0.6 is 0 Å². The molecule has 0 bridgehead atoms. The summed E-state index contributed by atoms with van der Waals surface area (Å²) < 4.78 is 1.81. The molecule has 0 spiro atoms. The lowest BCUT2D eigenvalue weighted by molar-refractivity contribution is 0.0873. The number of nitrogens with zero attached hydrogens (tertiary/aromatic N) is 4. The van der Waals surface area contributed by atoms with Crippen molar-refractivity contribution in [1.29, 1.82) is 0 Å². The summed E-state index contributed by atoms with van der Waals surface area (Å²) in [5, 5.41) is 14.2. The topological polar surface area (TPSA) is 53.7 Å². The lowest BCUT2D eigenvalue weighted by Gasteiger charge is -2.30. The summed E-state index contributed by atoms with van der Waals surface area (Å²) in [6.45, 7) is 9.09. The Kier molecular flexibility index (Phi) is 3.26. The fourth-order valence-corrected chi connectivity index (χ4v) is 2.08. The Hall–Kier alpha value is -1.62. The molecule has 2 aromatic rings. The zero-order valence-corrected chi connectivity index (χ0v) is 11.4. The molecule has 98 valence electrons. The standard InChI is InChI=1S/C13H20N4O/c1-5-16(8-13(3,4)18)12-7-10(2)6-11-14-9-15-17(11)12/h6-7,9,18H,5,8H2,1-4H3. The van der Waals surface area contributed by atoms with Crippen molar-refractivity contribution in [3.05, 3.63) is 24.0 Å². The molecule has 0 aliphatic rings. The van der Waals surface area contributed by atoms with Gasteiger partial charge in [0, 0.05) is 13.1 Å². The second kappa shape index (κ2) is 4.57. The smallest absolute Gasteiger partial charge is 0.157 e. The highest BCUT2D eigenvalue weighted by molar-refractivity contribution is 5.53. The number of hydrogen-bond donors (Lipinski definition) is 1. The van der Waals surface area contributed by atoms with Gasteiger partial charge in [-0.15, -0.1) is 0 Å². The van der Waals surface area contributed by atoms with Crippen LogP contribution in [0.25, 0.3) is 5.65 Å². The van der Waals surface area contributed by atoms with Gasteiger partial charge in [-0.2, -0.15) is 9.61 Å². The first-order valence-corrected chi connectivity index (χ1v) is 6.18. The summed E-state index contributed by atoms with van der Waals surface area (Å²) >= 11 is 0. The predicted octanol–water partition coefficient (Wildman–Crippen LogP) is 1.63. The van der Waals surface area contributed by atoms with Crippen LogP contribution in [0.3, 0.4) is 0 Å². The first-order chi connectivity index (χ1) is 8.40. The second-order valence-electron chi connectivity index (χ2n) is 5.25. The minimum absolute atomic E-state index is 0.557. The van der Waals surface area contributed by atoms with Crippen molar-refractivity contribution in [3.63, 3.8) is 0 Å². The number of pyridine rings is 1. The maximum absolute atomic E-state index is 9.99. The van der Waals surface area contributed by atoms with Gasteiger partial charge in [-0.1, -0.05) is 0 Å². The molecular formula is C13H20N4O. The van der Waals surface area contributed by atoms with Crippen molar-refractivity contribution in [3.8, 4) is 0 Å². The van der Waals surface area contributed by atoms with Crippen LogP contribution in [-0.2, 0) is 0 Å². The maximum atomic E-state index is 9.99. The van der Waals surface area contributed by atoms with E-state index in [1.54, 1.807) is 6.33 Å². The van der Waals surface area contributed by atoms with Gasteiger partial charge < -0.3 is 10.0 Å². The molecule has 0 aliphatic heterocycles. The predicted molar refractivity (Wildman–Crippen MR) is 71.9 cm³/mol. The molecule has 0 saturated heterocycles. The average molecular weight is 248 g/mol. The van der Waals surface area contributed by atoms with E-state index in [-0.39, 0.29) is 0 Å². The van der Waals surface area contributed by atoms with E-state index in [0.717, 1.165) is 23.6 Å². The zero-order chi connectivity index (χ0) is 13.3. The van der Waals surface area contributed by atoms with Crippen molar-refractivity contribution in [1.82, 2.24) is 14.6 Å². The first kappa shape index (κ1) is 12.8. The van der Waals surface area contributed by atoms with Crippen LogP contribution in [0.2, 0.25) is 0 Å². The summed E-state index contributed by atoms with van der Waals surface area (Å²) in [6.07, 6.45) is 1.55. The van der Waals surface area contributed by atoms with E-state index in [1.807, 2.05) is 31.4 Å². The first-order valence-electron chi connectivity index (χ1n) is 6.18. The van der Waals surface area contributed by atoms with Gasteiger partial charge in [-0.05, 0) is 45.4 Å². The van der Waals surface area contributed by atoms with Crippen LogP contribution in [0.5, 0.6) is 0 Å². The van der Waals surface area contributed by atoms with Gasteiger partial charge in [0.1, 0.15) is 12.1 Å². The highest BCUT2D eigenvalue weighted by Crippen LogP contribution is 2.19. The van der Waals surface area contributed by atoms with E-state index < -0.39 is 5.60 Å². The van der Waals surface area contributed by atoms with E-state index >= 15 is 0 Å². The summed E-state index contributed by atoms with van der Waals surface area (Å²) in [5.41, 5.74) is 1.23. The Morgan fingerprint density at radius 3 is 2.72 bits per heavy atom. The summed E-state index contributed by atoms with van der Waals surface area (Å²) in [4.78, 5) is 6.32. The lowest BCUT2D eigenvalue weighted by Crippen LogP contribution is -2.39. The van der Waals surface area contributed by atoms with Crippen molar-refractivity contribution in [2.24, 2.45) is 0 Å². The molecular weight excluding hydrogens is 228 g/mol. The van der Waals surface area contributed by atoms with Crippen molar-refractivity contribution < 1.29 is 5.11 Å². The van der Waals surface area contributed by atoms with Gasteiger partial charge in [0.25, 0.3) is 0 Å². The van der Waals surface area contributed by atoms with Gasteiger partial charge >= 0.3 is 0 Å². The number of hydrogen-bond acceptors (Lipinski definition) is 4. The number of fused-ring (bicyclic) bond motifs is 1. The molecule has 5 nitrogen and oxygen atoms in total. The summed E-state index contributed by atoms with van der Waals surface area (Å²) in [7, 11) is 0. The highest BCUT2D eigenvalue weighted by atomic mass is 16.3. The molecule has 0 atom stereocenters. The Bertz CT molecular complexity index is 541. The summed E-state index contributed by atoms with van der Waals surface area (Å²) in [5.74, 6) is 0.965. The molecule has 2 aromatic heterocycles. The molecule has 0 radical (unpaired) electrons. The van der Waals surface area contributed by atoms with Gasteiger partial charge in [0.15, 0.2) is 5.65 Å². The van der Waals surface area contributed by atoms with Gasteiger partial charge in [0.2, 0.25) is 0 Å². The van der Waals surface area contributed by atoms with E-state index in [9.17, 15) is 5.11 Å². The Balaban J connectivity index is 2.47. The van der Waals surface area contributed by atoms with Gasteiger partial charge in [0.05, 0.1) is 5.60 Å². The molecule has 2 heterocycles. The molecule has 2 rings (SSSR count). The molecule has 0 fully saturated rings. The molecule has 0 aliphatic carbocycles. The largest absolute Gasteiger partial charge is 0.389 e. The Labute approximate surface area is 107 Å². The Morgan fingerprint density at radius 1 is 1.39 bits per heavy atom. The maximum Gasteiger partial charge on any atom is 0.157 e. The number of aliphatic hydroxyl groups is 1. The van der Waals surface area contributed by atoms with Crippen LogP contribution in [0.1, 0.15) is 26.3 Å². The molecule has 0 aromatic carbocycles. The monoisotopic (exact) mass is 248 g/mol. The SMILES string of the molecule is CCN(CC(C)(C)O)c1cc(C)cc2ncnn12. The quantitative estimate of drug-likeness (QED) is 0.893. The van der Waals surface area contributed by atoms with Crippen molar-refractivity contribution in [2.75, 3.05) is 18.0 Å². The number of aromatic nitrogens is 3. The van der Waals surface area contributed by atoms with Gasteiger partial charge in [-0.25, -0.2) is 4.98 Å². The molecule has 0 amide bonds. The van der Waals surface area contributed by atoms with E-state index in [0.29, 0.717) is 6.54 Å². The number of anilines is 1. The zero-order valence-electron chi connectivity index (χ0n) is 11.4. The minimum Gasteiger partial charge on any atom is -0.389 e. The number of likely N-dealkylation sites (N-methyl/N-ethyl adjacent to an activating group) is 1. The second-order valence-corrected chi connectivity index (χ2v) is 5.25. The third-order valence-corrected chi connectivity index (χ3v) is 2.79. The fraction of sp³-hybridized carbons (Fsp3) is 0.538. The van der Waals surface area contributed by atoms with Gasteiger partial charge in [-0.3, -0.25) is 0 Å². The molecule has 18 heavy (non-hydrogen) atoms. The third kappa shape index (κ3) is 2.61. The fourth-order valence-electron chi connectivity index (χ4n) is 2.08. The molecule has 0 saturated carbocycles. The van der Waals surface area contributed by atoms with Crippen molar-refractivity contribution >= 4 is 11.5 Å². The lowest BCUT2D eigenvalue weighted by atomic mass is 10.1. The van der Waals surface area contributed by atoms with E-state index in [2.05, 4.69) is 28.0 Å². The number of aryl methyl sites for hydroxylation is 1. The van der Waals surface area contributed by atoms with E-state index in [4.69, 9.17) is 0 Å². The third-order valence-electron chi connectivity index (χ3n) is 2.79. The van der Waals surface area contributed by atoms with Crippen molar-refractivity contribution in [2.45, 2.75) is 33.3 Å². The van der Waals surface area contributed by atoms with Crippen LogP contribution in [0.4, 0.5) is 5.82 Å². The van der Waals surface area contributed by atoms with Crippen LogP contribution in [0.15, 0.2) is 18.5 Å². The molecule has 0 unspecified atom stereocenters. The van der Waals surface area contributed by atoms with Crippen LogP contribution < -0.4 is 4.90 Å². The number of rotatable bonds is 4. The normalized spacial score (nSPS) is 12.1. The highest BCUT2D eigenvalue weighted by Gasteiger charge is 2.19. The Morgan fingerprint density at radius 2 is 2.11 bits per heavy atom. The van der Waals surface area contributed by atoms with E-state index in [1.165, 1.54) is 0 Å². The molecule has 1 N–H and O–H groups in total. The van der Waals surface area contributed by atoms with Crippen LogP contribution in [-0.4, -0.2) is 38.4 Å².